The van der Waals surface area contributed by atoms with E-state index in [0.717, 1.165) is 6.42 Å². The Morgan fingerprint density at radius 2 is 1.88 bits per heavy atom. The highest BCUT2D eigenvalue weighted by molar-refractivity contribution is 5.91. The van der Waals surface area contributed by atoms with Crippen LogP contribution in [0.1, 0.15) is 35.7 Å². The van der Waals surface area contributed by atoms with Crippen molar-refractivity contribution in [3.8, 4) is 17.2 Å². The second kappa shape index (κ2) is 10.2. The standard InChI is InChI=1S/C20H23NO5/c1-2-12-25-17-7-4-15(5-8-17)20(24)26-18-9-6-16(19(23)13-18)14-21-10-3-11-22/h4-9,13-14,22-23H,2-3,10-12H2,1H3. The lowest BCUT2D eigenvalue weighted by atomic mass is 10.2. The molecule has 0 saturated heterocycles. The van der Waals surface area contributed by atoms with E-state index in [9.17, 15) is 9.90 Å². The number of aromatic hydroxyl groups is 1. The molecule has 0 heterocycles. The van der Waals surface area contributed by atoms with E-state index >= 15 is 0 Å². The van der Waals surface area contributed by atoms with Gasteiger partial charge in [-0.25, -0.2) is 4.79 Å². The van der Waals surface area contributed by atoms with Crippen molar-refractivity contribution in [1.82, 2.24) is 0 Å². The molecule has 0 unspecified atom stereocenters. The van der Waals surface area contributed by atoms with Crippen molar-refractivity contribution in [1.29, 1.82) is 0 Å². The first kappa shape index (κ1) is 19.5. The highest BCUT2D eigenvalue weighted by Crippen LogP contribution is 2.23. The molecule has 0 aliphatic rings. The summed E-state index contributed by atoms with van der Waals surface area (Å²) in [4.78, 5) is 16.3. The number of phenolic OH excluding ortho intramolecular Hbond substituents is 1. The van der Waals surface area contributed by atoms with Gasteiger partial charge in [0.15, 0.2) is 0 Å². The van der Waals surface area contributed by atoms with Crippen molar-refractivity contribution < 1.29 is 24.5 Å². The first-order valence-electron chi connectivity index (χ1n) is 8.52. The van der Waals surface area contributed by atoms with E-state index in [0.29, 0.717) is 36.4 Å². The largest absolute Gasteiger partial charge is 0.507 e. The minimum atomic E-state index is -0.518. The normalized spacial score (nSPS) is 10.8. The lowest BCUT2D eigenvalue weighted by Gasteiger charge is -2.08. The first-order valence-corrected chi connectivity index (χ1v) is 8.52. The van der Waals surface area contributed by atoms with E-state index in [-0.39, 0.29) is 18.1 Å². The number of aliphatic hydroxyl groups is 1. The zero-order valence-corrected chi connectivity index (χ0v) is 14.7. The summed E-state index contributed by atoms with van der Waals surface area (Å²) in [5, 5.41) is 18.7. The zero-order valence-electron chi connectivity index (χ0n) is 14.7. The van der Waals surface area contributed by atoms with Crippen LogP contribution in [-0.2, 0) is 0 Å². The summed E-state index contributed by atoms with van der Waals surface area (Å²) in [6.45, 7) is 3.20. The fraction of sp³-hybridized carbons (Fsp3) is 0.300. The number of carbonyl (C=O) groups excluding carboxylic acids is 1. The van der Waals surface area contributed by atoms with Gasteiger partial charge in [0.25, 0.3) is 0 Å². The number of esters is 1. The van der Waals surface area contributed by atoms with Gasteiger partial charge in [-0.15, -0.1) is 0 Å². The molecular formula is C20H23NO5. The summed E-state index contributed by atoms with van der Waals surface area (Å²) in [5.74, 6) is 0.388. The van der Waals surface area contributed by atoms with Gasteiger partial charge in [0.2, 0.25) is 0 Å². The fourth-order valence-electron chi connectivity index (χ4n) is 2.09. The highest BCUT2D eigenvalue weighted by atomic mass is 16.5. The molecule has 6 heteroatoms. The van der Waals surface area contributed by atoms with Gasteiger partial charge in [-0.1, -0.05) is 6.92 Å². The van der Waals surface area contributed by atoms with Gasteiger partial charge >= 0.3 is 5.97 Å². The van der Waals surface area contributed by atoms with Crippen molar-refractivity contribution in [2.24, 2.45) is 4.99 Å². The Bertz CT molecular complexity index is 740. The maximum Gasteiger partial charge on any atom is 0.343 e. The van der Waals surface area contributed by atoms with E-state index in [1.54, 1.807) is 36.4 Å². The Labute approximate surface area is 152 Å². The molecule has 0 bridgehead atoms. The highest BCUT2D eigenvalue weighted by Gasteiger charge is 2.10. The van der Waals surface area contributed by atoms with Gasteiger partial charge in [-0.3, -0.25) is 4.99 Å². The third-order valence-electron chi connectivity index (χ3n) is 3.45. The quantitative estimate of drug-likeness (QED) is 0.311. The average Bonchev–Trinajstić information content (AvgIpc) is 2.65. The molecule has 2 aromatic carbocycles. The maximum atomic E-state index is 12.2. The van der Waals surface area contributed by atoms with Crippen LogP contribution in [0.5, 0.6) is 17.2 Å². The lowest BCUT2D eigenvalue weighted by molar-refractivity contribution is 0.0734. The number of phenols is 1. The van der Waals surface area contributed by atoms with Gasteiger partial charge in [0, 0.05) is 31.0 Å². The van der Waals surface area contributed by atoms with Crippen molar-refractivity contribution in [2.75, 3.05) is 19.8 Å². The number of hydrogen-bond acceptors (Lipinski definition) is 6. The number of hydrogen-bond donors (Lipinski definition) is 2. The molecule has 0 aliphatic carbocycles. The second-order valence-electron chi connectivity index (χ2n) is 5.60. The predicted octanol–water partition coefficient (Wildman–Crippen LogP) is 3.20. The maximum absolute atomic E-state index is 12.2. The van der Waals surface area contributed by atoms with Crippen LogP contribution in [0.3, 0.4) is 0 Å². The number of aliphatic imine (C=N–C) groups is 1. The zero-order chi connectivity index (χ0) is 18.8. The number of carbonyl (C=O) groups is 1. The van der Waals surface area contributed by atoms with Crippen molar-refractivity contribution in [3.05, 3.63) is 53.6 Å². The van der Waals surface area contributed by atoms with Gasteiger partial charge in [-0.05, 0) is 49.2 Å². The molecule has 0 radical (unpaired) electrons. The molecule has 0 saturated carbocycles. The number of aliphatic hydroxyl groups excluding tert-OH is 1. The minimum Gasteiger partial charge on any atom is -0.507 e. The minimum absolute atomic E-state index is 0.0358. The van der Waals surface area contributed by atoms with Crippen LogP contribution in [0.4, 0.5) is 0 Å². The SMILES string of the molecule is CCCOc1ccc(C(=O)Oc2ccc(C=NCCCO)c(O)c2)cc1. The second-order valence-corrected chi connectivity index (χ2v) is 5.60. The number of ether oxygens (including phenoxy) is 2. The van der Waals surface area contributed by atoms with E-state index < -0.39 is 5.97 Å². The fourth-order valence-corrected chi connectivity index (χ4v) is 2.09. The van der Waals surface area contributed by atoms with Crippen LogP contribution in [0.2, 0.25) is 0 Å². The Morgan fingerprint density at radius 3 is 2.54 bits per heavy atom. The monoisotopic (exact) mass is 357 g/mol. The van der Waals surface area contributed by atoms with Crippen LogP contribution in [-0.4, -0.2) is 42.2 Å². The van der Waals surface area contributed by atoms with Crippen molar-refractivity contribution >= 4 is 12.2 Å². The number of rotatable bonds is 9. The Balaban J connectivity index is 1.98. The Kier molecular flexibility index (Phi) is 7.64. The summed E-state index contributed by atoms with van der Waals surface area (Å²) in [6, 6.07) is 11.3. The number of benzene rings is 2. The summed E-state index contributed by atoms with van der Waals surface area (Å²) in [7, 11) is 0. The average molecular weight is 357 g/mol. The van der Waals surface area contributed by atoms with Gasteiger partial charge in [-0.2, -0.15) is 0 Å². The first-order chi connectivity index (χ1) is 12.6. The van der Waals surface area contributed by atoms with E-state index in [4.69, 9.17) is 14.6 Å². The van der Waals surface area contributed by atoms with Crippen LogP contribution < -0.4 is 9.47 Å². The van der Waals surface area contributed by atoms with E-state index in [1.807, 2.05) is 6.92 Å². The molecule has 0 fully saturated rings. The molecule has 0 amide bonds. The summed E-state index contributed by atoms with van der Waals surface area (Å²) >= 11 is 0. The molecule has 0 aromatic heterocycles. The molecule has 2 N–H and O–H groups in total. The predicted molar refractivity (Wildman–Crippen MR) is 99.5 cm³/mol. The topological polar surface area (TPSA) is 88.4 Å². The third-order valence-corrected chi connectivity index (χ3v) is 3.45. The van der Waals surface area contributed by atoms with Crippen LogP contribution in [0, 0.1) is 0 Å². The molecule has 2 rings (SSSR count). The van der Waals surface area contributed by atoms with Crippen LogP contribution >= 0.6 is 0 Å². The summed E-state index contributed by atoms with van der Waals surface area (Å²) in [5.41, 5.74) is 0.906. The summed E-state index contributed by atoms with van der Waals surface area (Å²) in [6.07, 6.45) is 3.00. The van der Waals surface area contributed by atoms with Gasteiger partial charge in [0.05, 0.1) is 12.2 Å². The van der Waals surface area contributed by atoms with Gasteiger partial charge in [0.1, 0.15) is 17.2 Å². The number of nitrogens with zero attached hydrogens (tertiary/aromatic N) is 1. The van der Waals surface area contributed by atoms with Gasteiger partial charge < -0.3 is 19.7 Å². The van der Waals surface area contributed by atoms with Crippen molar-refractivity contribution in [2.45, 2.75) is 19.8 Å². The van der Waals surface area contributed by atoms with E-state index in [1.165, 1.54) is 12.3 Å². The van der Waals surface area contributed by atoms with Crippen LogP contribution in [0.15, 0.2) is 47.5 Å². The molecule has 0 spiro atoms. The van der Waals surface area contributed by atoms with Crippen LogP contribution in [0.25, 0.3) is 0 Å². The molecule has 138 valence electrons. The molecule has 26 heavy (non-hydrogen) atoms. The molecule has 0 atom stereocenters. The molecule has 0 aliphatic heterocycles. The Morgan fingerprint density at radius 1 is 1.15 bits per heavy atom. The molecular weight excluding hydrogens is 334 g/mol. The lowest BCUT2D eigenvalue weighted by Crippen LogP contribution is -2.08. The third kappa shape index (κ3) is 5.89. The van der Waals surface area contributed by atoms with E-state index in [2.05, 4.69) is 4.99 Å². The molecule has 2 aromatic rings. The smallest absolute Gasteiger partial charge is 0.343 e. The van der Waals surface area contributed by atoms with Crippen molar-refractivity contribution in [3.63, 3.8) is 0 Å². The Hall–Kier alpha value is -2.86. The molecule has 6 nitrogen and oxygen atoms in total. The summed E-state index contributed by atoms with van der Waals surface area (Å²) < 4.78 is 10.8.